The summed E-state index contributed by atoms with van der Waals surface area (Å²) in [7, 11) is 0. The van der Waals surface area contributed by atoms with Crippen molar-refractivity contribution < 1.29 is 19.4 Å². The maximum absolute atomic E-state index is 10.9. The molecule has 116 valence electrons. The van der Waals surface area contributed by atoms with Crippen molar-refractivity contribution in [3.63, 3.8) is 0 Å². The van der Waals surface area contributed by atoms with Gasteiger partial charge in [0.25, 0.3) is 0 Å². The monoisotopic (exact) mass is 364 g/mol. The molecule has 2 rings (SSSR count). The lowest BCUT2D eigenvalue weighted by Crippen LogP contribution is -2.10. The fourth-order valence-corrected chi connectivity index (χ4v) is 2.40. The molecule has 0 bridgehead atoms. The van der Waals surface area contributed by atoms with Crippen LogP contribution in [0.5, 0.6) is 11.5 Å². The van der Waals surface area contributed by atoms with Gasteiger partial charge in [0, 0.05) is 4.47 Å². The largest absolute Gasteiger partial charge is 0.490 e. The van der Waals surface area contributed by atoms with Crippen molar-refractivity contribution in [1.82, 2.24) is 0 Å². The minimum absolute atomic E-state index is 0.208. The summed E-state index contributed by atoms with van der Waals surface area (Å²) in [4.78, 5) is 10.9. The molecule has 22 heavy (non-hydrogen) atoms. The number of aromatic carboxylic acids is 1. The summed E-state index contributed by atoms with van der Waals surface area (Å²) in [5.41, 5.74) is 1.34. The molecule has 0 unspecified atom stereocenters. The van der Waals surface area contributed by atoms with E-state index >= 15 is 0 Å². The lowest BCUT2D eigenvalue weighted by atomic mass is 10.1. The average Bonchev–Trinajstić information content (AvgIpc) is 2.52. The SMILES string of the molecule is CCc1cc(Br)ccc1OCCOc1cccc(C(=O)O)c1. The Hall–Kier alpha value is -2.01. The zero-order valence-corrected chi connectivity index (χ0v) is 13.8. The molecule has 0 aliphatic rings. The predicted octanol–water partition coefficient (Wildman–Crippen LogP) is 4.17. The molecule has 0 heterocycles. The zero-order chi connectivity index (χ0) is 15.9. The highest BCUT2D eigenvalue weighted by Crippen LogP contribution is 2.23. The van der Waals surface area contributed by atoms with Crippen molar-refractivity contribution in [2.45, 2.75) is 13.3 Å². The van der Waals surface area contributed by atoms with Gasteiger partial charge in [0.15, 0.2) is 0 Å². The third kappa shape index (κ3) is 4.49. The van der Waals surface area contributed by atoms with Gasteiger partial charge in [0.1, 0.15) is 24.7 Å². The molecule has 2 aromatic rings. The van der Waals surface area contributed by atoms with Crippen molar-refractivity contribution in [1.29, 1.82) is 0 Å². The lowest BCUT2D eigenvalue weighted by molar-refractivity contribution is 0.0696. The highest BCUT2D eigenvalue weighted by Gasteiger charge is 2.05. The number of hydrogen-bond acceptors (Lipinski definition) is 3. The number of benzene rings is 2. The number of halogens is 1. The Morgan fingerprint density at radius 2 is 1.91 bits per heavy atom. The molecule has 0 saturated carbocycles. The number of aryl methyl sites for hydroxylation is 1. The van der Waals surface area contributed by atoms with Gasteiger partial charge in [-0.15, -0.1) is 0 Å². The minimum Gasteiger partial charge on any atom is -0.490 e. The van der Waals surface area contributed by atoms with Crippen molar-refractivity contribution in [2.75, 3.05) is 13.2 Å². The van der Waals surface area contributed by atoms with E-state index in [1.165, 1.54) is 12.1 Å². The maximum Gasteiger partial charge on any atom is 0.335 e. The van der Waals surface area contributed by atoms with Gasteiger partial charge in [-0.05, 0) is 48.4 Å². The molecule has 0 atom stereocenters. The van der Waals surface area contributed by atoms with Crippen LogP contribution in [0.25, 0.3) is 0 Å². The molecule has 4 nitrogen and oxygen atoms in total. The van der Waals surface area contributed by atoms with Gasteiger partial charge in [-0.3, -0.25) is 0 Å². The second kappa shape index (κ2) is 7.84. The van der Waals surface area contributed by atoms with E-state index in [2.05, 4.69) is 22.9 Å². The fourth-order valence-electron chi connectivity index (χ4n) is 2.00. The smallest absolute Gasteiger partial charge is 0.335 e. The molecule has 0 fully saturated rings. The summed E-state index contributed by atoms with van der Waals surface area (Å²) in [6.07, 6.45) is 0.885. The van der Waals surface area contributed by atoms with Gasteiger partial charge >= 0.3 is 5.97 Å². The van der Waals surface area contributed by atoms with Crippen LogP contribution < -0.4 is 9.47 Å². The predicted molar refractivity (Wildman–Crippen MR) is 87.9 cm³/mol. The molecular weight excluding hydrogens is 348 g/mol. The normalized spacial score (nSPS) is 10.3. The molecule has 0 saturated heterocycles. The number of hydrogen-bond donors (Lipinski definition) is 1. The third-order valence-corrected chi connectivity index (χ3v) is 3.59. The summed E-state index contributed by atoms with van der Waals surface area (Å²) >= 11 is 3.44. The summed E-state index contributed by atoms with van der Waals surface area (Å²) in [6.45, 7) is 2.82. The first kappa shape index (κ1) is 16.4. The first-order valence-corrected chi connectivity index (χ1v) is 7.77. The molecular formula is C17H17BrO4. The van der Waals surface area contributed by atoms with Crippen LogP contribution in [0.2, 0.25) is 0 Å². The molecule has 0 aliphatic heterocycles. The highest BCUT2D eigenvalue weighted by molar-refractivity contribution is 9.10. The fraction of sp³-hybridized carbons (Fsp3) is 0.235. The van der Waals surface area contributed by atoms with E-state index in [9.17, 15) is 4.79 Å². The van der Waals surface area contributed by atoms with Crippen LogP contribution in [-0.4, -0.2) is 24.3 Å². The Balaban J connectivity index is 1.87. The number of rotatable bonds is 7. The Morgan fingerprint density at radius 3 is 2.64 bits per heavy atom. The highest BCUT2D eigenvalue weighted by atomic mass is 79.9. The Morgan fingerprint density at radius 1 is 1.14 bits per heavy atom. The zero-order valence-electron chi connectivity index (χ0n) is 12.2. The van der Waals surface area contributed by atoms with Gasteiger partial charge in [0.2, 0.25) is 0 Å². The van der Waals surface area contributed by atoms with E-state index in [0.29, 0.717) is 19.0 Å². The summed E-state index contributed by atoms with van der Waals surface area (Å²) in [5.74, 6) is 0.396. The van der Waals surface area contributed by atoms with Crippen molar-refractivity contribution in [2.24, 2.45) is 0 Å². The molecule has 0 aliphatic carbocycles. The molecule has 2 aromatic carbocycles. The maximum atomic E-state index is 10.9. The molecule has 5 heteroatoms. The molecule has 1 N–H and O–H groups in total. The van der Waals surface area contributed by atoms with Gasteiger partial charge in [-0.2, -0.15) is 0 Å². The third-order valence-electron chi connectivity index (χ3n) is 3.09. The number of ether oxygens (including phenoxy) is 2. The van der Waals surface area contributed by atoms with E-state index in [1.54, 1.807) is 12.1 Å². The van der Waals surface area contributed by atoms with Crippen LogP contribution in [0.15, 0.2) is 46.9 Å². The van der Waals surface area contributed by atoms with Crippen molar-refractivity contribution in [3.05, 3.63) is 58.1 Å². The van der Waals surface area contributed by atoms with Gasteiger partial charge in [-0.25, -0.2) is 4.79 Å². The second-order valence-corrected chi connectivity index (χ2v) is 5.55. The Bertz CT molecular complexity index is 655. The first-order valence-electron chi connectivity index (χ1n) is 6.97. The van der Waals surface area contributed by atoms with Crippen LogP contribution in [-0.2, 0) is 6.42 Å². The summed E-state index contributed by atoms with van der Waals surface area (Å²) < 4.78 is 12.3. The van der Waals surface area contributed by atoms with Crippen molar-refractivity contribution >= 4 is 21.9 Å². The Labute approximate surface area is 137 Å². The van der Waals surface area contributed by atoms with Crippen LogP contribution >= 0.6 is 15.9 Å². The van der Waals surface area contributed by atoms with Crippen molar-refractivity contribution in [3.8, 4) is 11.5 Å². The van der Waals surface area contributed by atoms with Gasteiger partial charge in [0.05, 0.1) is 5.56 Å². The topological polar surface area (TPSA) is 55.8 Å². The lowest BCUT2D eigenvalue weighted by Gasteiger charge is -2.12. The molecule has 0 spiro atoms. The van der Waals surface area contributed by atoms with Gasteiger partial charge in [-0.1, -0.05) is 28.9 Å². The average molecular weight is 365 g/mol. The second-order valence-electron chi connectivity index (χ2n) is 4.64. The Kier molecular flexibility index (Phi) is 5.83. The standard InChI is InChI=1S/C17H17BrO4/c1-2-12-10-14(18)6-7-16(12)22-9-8-21-15-5-3-4-13(11-15)17(19)20/h3-7,10-11H,2,8-9H2,1H3,(H,19,20). The summed E-state index contributed by atoms with van der Waals surface area (Å²) in [5, 5.41) is 8.93. The molecule has 0 amide bonds. The first-order chi connectivity index (χ1) is 10.6. The van der Waals surface area contributed by atoms with Crippen LogP contribution in [0, 0.1) is 0 Å². The van der Waals surface area contributed by atoms with E-state index in [0.717, 1.165) is 22.2 Å². The minimum atomic E-state index is -0.968. The van der Waals surface area contributed by atoms with Crippen LogP contribution in [0.4, 0.5) is 0 Å². The quantitative estimate of drug-likeness (QED) is 0.749. The van der Waals surface area contributed by atoms with E-state index in [4.69, 9.17) is 14.6 Å². The summed E-state index contributed by atoms with van der Waals surface area (Å²) in [6, 6.07) is 12.3. The number of carbonyl (C=O) groups is 1. The number of carboxylic acids is 1. The number of carboxylic acid groups (broad SMARTS) is 1. The van der Waals surface area contributed by atoms with Crippen LogP contribution in [0.3, 0.4) is 0 Å². The van der Waals surface area contributed by atoms with E-state index in [1.807, 2.05) is 18.2 Å². The van der Waals surface area contributed by atoms with E-state index in [-0.39, 0.29) is 5.56 Å². The van der Waals surface area contributed by atoms with Crippen LogP contribution in [0.1, 0.15) is 22.8 Å². The van der Waals surface area contributed by atoms with E-state index < -0.39 is 5.97 Å². The molecule has 0 aromatic heterocycles. The van der Waals surface area contributed by atoms with Gasteiger partial charge < -0.3 is 14.6 Å². The molecule has 0 radical (unpaired) electrons.